The molecule has 0 bridgehead atoms. The lowest BCUT2D eigenvalue weighted by atomic mass is 10.2. The average Bonchev–Trinajstić information content (AvgIpc) is 2.25. The summed E-state index contributed by atoms with van der Waals surface area (Å²) in [5.41, 5.74) is -0.124. The summed E-state index contributed by atoms with van der Waals surface area (Å²) in [5.74, 6) is -0.603. The molecule has 1 heterocycles. The minimum absolute atomic E-state index is 0.0493. The van der Waals surface area contributed by atoms with Crippen LogP contribution in [0.3, 0.4) is 0 Å². The van der Waals surface area contributed by atoms with Gasteiger partial charge in [-0.05, 0) is 0 Å². The fourth-order valence-corrected chi connectivity index (χ4v) is 1.62. The predicted octanol–water partition coefficient (Wildman–Crippen LogP) is 2.70. The maximum absolute atomic E-state index is 12.1. The van der Waals surface area contributed by atoms with E-state index in [1.807, 2.05) is 0 Å². The first-order chi connectivity index (χ1) is 7.91. The lowest BCUT2D eigenvalue weighted by molar-refractivity contribution is -0.276. The molecule has 0 aliphatic heterocycles. The van der Waals surface area contributed by atoms with Crippen molar-refractivity contribution in [2.24, 2.45) is 0 Å². The highest BCUT2D eigenvalue weighted by Crippen LogP contribution is 2.32. The number of pyridine rings is 1. The topological polar surface area (TPSA) is 48.4 Å². The number of aromatic nitrogens is 1. The molecule has 17 heavy (non-hydrogen) atoms. The van der Waals surface area contributed by atoms with Crippen LogP contribution < -0.4 is 9.47 Å². The van der Waals surface area contributed by atoms with Crippen molar-refractivity contribution >= 4 is 22.2 Å². The number of hydrogen-bond donors (Lipinski definition) is 0. The van der Waals surface area contributed by atoms with Crippen LogP contribution in [0, 0.1) is 0 Å². The minimum Gasteiger partial charge on any atom is -0.496 e. The van der Waals surface area contributed by atoms with Gasteiger partial charge < -0.3 is 9.47 Å². The van der Waals surface area contributed by atoms with Crippen LogP contribution in [0.25, 0.3) is 0 Å². The van der Waals surface area contributed by atoms with Crippen LogP contribution >= 0.6 is 15.9 Å². The van der Waals surface area contributed by atoms with Crippen LogP contribution in [0.2, 0.25) is 0 Å². The molecule has 1 aromatic heterocycles. The normalized spacial score (nSPS) is 11.1. The fraction of sp³-hybridized carbons (Fsp3) is 0.333. The van der Waals surface area contributed by atoms with E-state index < -0.39 is 12.2 Å². The molecule has 0 unspecified atom stereocenters. The van der Waals surface area contributed by atoms with Crippen LogP contribution in [0.15, 0.2) is 6.07 Å². The molecular formula is C9H7BrF3NO3. The average molecular weight is 314 g/mol. The van der Waals surface area contributed by atoms with Crippen molar-refractivity contribution in [2.75, 3.05) is 7.11 Å². The number of ether oxygens (including phenoxy) is 2. The van der Waals surface area contributed by atoms with Gasteiger partial charge in [-0.25, -0.2) is 4.98 Å². The highest BCUT2D eigenvalue weighted by Gasteiger charge is 2.33. The Bertz CT molecular complexity index is 423. The Hall–Kier alpha value is -1.31. The van der Waals surface area contributed by atoms with Crippen LogP contribution in [0.5, 0.6) is 11.6 Å². The maximum Gasteiger partial charge on any atom is 0.574 e. The second-order valence-corrected chi connectivity index (χ2v) is 3.39. The molecule has 0 aliphatic carbocycles. The zero-order valence-electron chi connectivity index (χ0n) is 8.55. The highest BCUT2D eigenvalue weighted by molar-refractivity contribution is 9.08. The largest absolute Gasteiger partial charge is 0.574 e. The summed E-state index contributed by atoms with van der Waals surface area (Å²) in [6, 6.07) is 1.23. The van der Waals surface area contributed by atoms with E-state index in [1.54, 1.807) is 0 Å². The van der Waals surface area contributed by atoms with Crippen molar-refractivity contribution < 1.29 is 27.4 Å². The summed E-state index contributed by atoms with van der Waals surface area (Å²) in [6.45, 7) is 0. The summed E-state index contributed by atoms with van der Waals surface area (Å²) in [6.07, 6.45) is -4.57. The lowest BCUT2D eigenvalue weighted by Crippen LogP contribution is -2.19. The third kappa shape index (κ3) is 3.58. The van der Waals surface area contributed by atoms with Gasteiger partial charge in [-0.2, -0.15) is 0 Å². The van der Waals surface area contributed by atoms with E-state index in [0.29, 0.717) is 6.29 Å². The van der Waals surface area contributed by atoms with Crippen LogP contribution in [0.1, 0.15) is 16.1 Å². The molecule has 94 valence electrons. The monoisotopic (exact) mass is 313 g/mol. The predicted molar refractivity (Wildman–Crippen MR) is 55.5 cm³/mol. The second-order valence-electron chi connectivity index (χ2n) is 2.83. The van der Waals surface area contributed by atoms with Gasteiger partial charge in [0, 0.05) is 11.4 Å². The van der Waals surface area contributed by atoms with Crippen molar-refractivity contribution in [3.63, 3.8) is 0 Å². The number of rotatable bonds is 4. The molecule has 0 atom stereocenters. The summed E-state index contributed by atoms with van der Waals surface area (Å²) in [5, 5.41) is 0.0493. The number of hydrogen-bond acceptors (Lipinski definition) is 4. The zero-order valence-corrected chi connectivity index (χ0v) is 10.1. The van der Waals surface area contributed by atoms with E-state index in [-0.39, 0.29) is 22.3 Å². The summed E-state index contributed by atoms with van der Waals surface area (Å²) in [7, 11) is 1.27. The Morgan fingerprint density at radius 2 is 2.18 bits per heavy atom. The van der Waals surface area contributed by atoms with Crippen molar-refractivity contribution in [3.05, 3.63) is 17.3 Å². The van der Waals surface area contributed by atoms with E-state index in [0.717, 1.165) is 0 Å². The quantitative estimate of drug-likeness (QED) is 0.633. The Morgan fingerprint density at radius 1 is 1.53 bits per heavy atom. The SMILES string of the molecule is COc1cc(C=O)nc(OC(F)(F)F)c1CBr. The van der Waals surface area contributed by atoms with Gasteiger partial charge in [0.1, 0.15) is 11.4 Å². The van der Waals surface area contributed by atoms with Crippen LogP contribution in [-0.2, 0) is 5.33 Å². The third-order valence-corrected chi connectivity index (χ3v) is 2.31. The van der Waals surface area contributed by atoms with Crippen molar-refractivity contribution in [3.8, 4) is 11.6 Å². The van der Waals surface area contributed by atoms with Crippen molar-refractivity contribution in [2.45, 2.75) is 11.7 Å². The Balaban J connectivity index is 3.29. The number of carbonyl (C=O) groups is 1. The van der Waals surface area contributed by atoms with E-state index in [9.17, 15) is 18.0 Å². The van der Waals surface area contributed by atoms with E-state index >= 15 is 0 Å². The van der Waals surface area contributed by atoms with Gasteiger partial charge in [0.25, 0.3) is 0 Å². The highest BCUT2D eigenvalue weighted by atomic mass is 79.9. The minimum atomic E-state index is -4.88. The molecule has 0 saturated carbocycles. The van der Waals surface area contributed by atoms with E-state index in [2.05, 4.69) is 25.7 Å². The van der Waals surface area contributed by atoms with Gasteiger partial charge >= 0.3 is 6.36 Å². The molecule has 0 amide bonds. The molecule has 0 aliphatic rings. The molecule has 4 nitrogen and oxygen atoms in total. The number of carbonyl (C=O) groups excluding carboxylic acids is 1. The summed E-state index contributed by atoms with van der Waals surface area (Å²) >= 11 is 3.00. The van der Waals surface area contributed by atoms with Crippen LogP contribution in [-0.4, -0.2) is 24.7 Å². The molecule has 1 aromatic rings. The van der Waals surface area contributed by atoms with Gasteiger partial charge in [0.15, 0.2) is 6.29 Å². The molecule has 0 N–H and O–H groups in total. The Kier molecular flexibility index (Phi) is 4.33. The molecule has 0 spiro atoms. The van der Waals surface area contributed by atoms with E-state index in [1.165, 1.54) is 13.2 Å². The van der Waals surface area contributed by atoms with Gasteiger partial charge in [0.05, 0.1) is 12.7 Å². The number of halogens is 4. The van der Waals surface area contributed by atoms with Crippen molar-refractivity contribution in [1.29, 1.82) is 0 Å². The number of alkyl halides is 4. The molecule has 0 fully saturated rings. The summed E-state index contributed by atoms with van der Waals surface area (Å²) in [4.78, 5) is 14.0. The Labute approximate surface area is 103 Å². The number of methoxy groups -OCH3 is 1. The molecule has 0 radical (unpaired) electrons. The first kappa shape index (κ1) is 13.8. The molecule has 8 heteroatoms. The first-order valence-corrected chi connectivity index (χ1v) is 5.38. The zero-order chi connectivity index (χ0) is 13.1. The number of nitrogens with zero attached hydrogens (tertiary/aromatic N) is 1. The van der Waals surface area contributed by atoms with E-state index in [4.69, 9.17) is 4.74 Å². The van der Waals surface area contributed by atoms with Gasteiger partial charge in [0.2, 0.25) is 5.88 Å². The molecular weight excluding hydrogens is 307 g/mol. The number of aldehydes is 1. The van der Waals surface area contributed by atoms with Gasteiger partial charge in [-0.15, -0.1) is 13.2 Å². The third-order valence-electron chi connectivity index (χ3n) is 1.75. The summed E-state index contributed by atoms with van der Waals surface area (Å²) < 4.78 is 45.0. The molecule has 1 rings (SSSR count). The molecule has 0 saturated heterocycles. The first-order valence-electron chi connectivity index (χ1n) is 4.26. The van der Waals surface area contributed by atoms with Crippen LogP contribution in [0.4, 0.5) is 13.2 Å². The van der Waals surface area contributed by atoms with Crippen molar-refractivity contribution in [1.82, 2.24) is 4.98 Å². The second kappa shape index (κ2) is 5.35. The maximum atomic E-state index is 12.1. The molecule has 0 aromatic carbocycles. The van der Waals surface area contributed by atoms with Gasteiger partial charge in [-0.3, -0.25) is 4.79 Å². The smallest absolute Gasteiger partial charge is 0.496 e. The lowest BCUT2D eigenvalue weighted by Gasteiger charge is -2.14. The fourth-order valence-electron chi connectivity index (χ4n) is 1.10. The standard InChI is InChI=1S/C9H7BrF3NO3/c1-16-7-2-5(4-15)14-8(6(7)3-10)17-9(11,12)13/h2,4H,3H2,1H3. The Morgan fingerprint density at radius 3 is 2.59 bits per heavy atom. The van der Waals surface area contributed by atoms with Gasteiger partial charge in [-0.1, -0.05) is 15.9 Å².